The number of aryl methyl sites for hydroxylation is 3. The quantitative estimate of drug-likeness (QED) is 0.624. The van der Waals surface area contributed by atoms with Crippen LogP contribution in [0.1, 0.15) is 23.1 Å². The van der Waals surface area contributed by atoms with Crippen LogP contribution in [0.5, 0.6) is 0 Å². The van der Waals surface area contributed by atoms with E-state index in [0.717, 1.165) is 12.7 Å². The zero-order chi connectivity index (χ0) is 8.97. The van der Waals surface area contributed by atoms with E-state index in [1.165, 1.54) is 16.7 Å². The van der Waals surface area contributed by atoms with Gasteiger partial charge in [-0.3, -0.25) is 0 Å². The number of aldehydes is 1. The maximum Gasteiger partial charge on any atom is 0.120 e. The topological polar surface area (TPSA) is 17.1 Å². The normalized spacial score (nSPS) is 9.83. The fourth-order valence-corrected chi connectivity index (χ4v) is 1.18. The molecule has 0 radical (unpaired) electrons. The van der Waals surface area contributed by atoms with E-state index in [9.17, 15) is 4.79 Å². The summed E-state index contributed by atoms with van der Waals surface area (Å²) in [5, 5.41) is 0. The number of benzene rings is 1. The Labute approximate surface area is 73.4 Å². The molecular weight excluding hydrogens is 148 g/mol. The van der Waals surface area contributed by atoms with E-state index in [2.05, 4.69) is 32.0 Å². The molecule has 64 valence electrons. The predicted octanol–water partition coefficient (Wildman–Crippen LogP) is 2.43. The van der Waals surface area contributed by atoms with Crippen LogP contribution < -0.4 is 0 Å². The molecule has 1 heteroatoms. The summed E-state index contributed by atoms with van der Waals surface area (Å²) >= 11 is 0. The van der Waals surface area contributed by atoms with E-state index >= 15 is 0 Å². The van der Waals surface area contributed by atoms with Gasteiger partial charge in [-0.2, -0.15) is 0 Å². The second kappa shape index (κ2) is 4.05. The molecule has 0 heterocycles. The molecule has 1 nitrogen and oxygen atoms in total. The molecule has 0 aliphatic heterocycles. The van der Waals surface area contributed by atoms with Gasteiger partial charge >= 0.3 is 0 Å². The molecule has 0 aliphatic carbocycles. The second-order valence-electron chi connectivity index (χ2n) is 3.12. The van der Waals surface area contributed by atoms with Crippen molar-refractivity contribution in [1.29, 1.82) is 0 Å². The molecule has 0 N–H and O–H groups in total. The molecule has 1 aromatic rings. The lowest BCUT2D eigenvalue weighted by Crippen LogP contribution is -1.88. The van der Waals surface area contributed by atoms with Crippen molar-refractivity contribution in [2.24, 2.45) is 0 Å². The van der Waals surface area contributed by atoms with Crippen LogP contribution in [0.3, 0.4) is 0 Å². The summed E-state index contributed by atoms with van der Waals surface area (Å²) in [6.07, 6.45) is 2.46. The van der Waals surface area contributed by atoms with Gasteiger partial charge in [0.15, 0.2) is 0 Å². The van der Waals surface area contributed by atoms with Gasteiger partial charge in [0.05, 0.1) is 0 Å². The maximum atomic E-state index is 10.1. The molecular formula is C11H14O. The highest BCUT2D eigenvalue weighted by Crippen LogP contribution is 2.10. The summed E-state index contributed by atoms with van der Waals surface area (Å²) in [5.74, 6) is 0. The Bertz CT molecular complexity index is 276. The summed E-state index contributed by atoms with van der Waals surface area (Å²) < 4.78 is 0. The molecule has 0 aliphatic rings. The fourth-order valence-electron chi connectivity index (χ4n) is 1.18. The van der Waals surface area contributed by atoms with Crippen molar-refractivity contribution in [2.45, 2.75) is 26.7 Å². The Hall–Kier alpha value is -1.11. The third-order valence-corrected chi connectivity index (χ3v) is 2.12. The molecule has 0 unspecified atom stereocenters. The van der Waals surface area contributed by atoms with Gasteiger partial charge in [-0.25, -0.2) is 0 Å². The SMILES string of the molecule is Cc1ccc(CCC=O)cc1C. The zero-order valence-corrected chi connectivity index (χ0v) is 7.63. The minimum Gasteiger partial charge on any atom is -0.303 e. The van der Waals surface area contributed by atoms with E-state index in [1.807, 2.05) is 0 Å². The number of carbonyl (C=O) groups excluding carboxylic acids is 1. The summed E-state index contributed by atoms with van der Waals surface area (Å²) in [7, 11) is 0. The second-order valence-corrected chi connectivity index (χ2v) is 3.12. The smallest absolute Gasteiger partial charge is 0.120 e. The lowest BCUT2D eigenvalue weighted by molar-refractivity contribution is -0.107. The molecule has 0 saturated heterocycles. The van der Waals surface area contributed by atoms with E-state index < -0.39 is 0 Å². The molecule has 0 amide bonds. The van der Waals surface area contributed by atoms with E-state index in [0.29, 0.717) is 6.42 Å². The average Bonchev–Trinajstić information content (AvgIpc) is 2.07. The number of carbonyl (C=O) groups is 1. The number of hydrogen-bond acceptors (Lipinski definition) is 1. The van der Waals surface area contributed by atoms with Crippen LogP contribution in [0.25, 0.3) is 0 Å². The minimum absolute atomic E-state index is 0.627. The maximum absolute atomic E-state index is 10.1. The summed E-state index contributed by atoms with van der Waals surface area (Å²) in [6.45, 7) is 4.19. The fraction of sp³-hybridized carbons (Fsp3) is 0.364. The molecule has 12 heavy (non-hydrogen) atoms. The van der Waals surface area contributed by atoms with Crippen LogP contribution in [0.15, 0.2) is 18.2 Å². The third-order valence-electron chi connectivity index (χ3n) is 2.12. The molecule has 1 aromatic carbocycles. The van der Waals surface area contributed by atoms with Crippen LogP contribution in [-0.2, 0) is 11.2 Å². The van der Waals surface area contributed by atoms with Crippen LogP contribution in [-0.4, -0.2) is 6.29 Å². The standard InChI is InChI=1S/C11H14O/c1-9-5-6-11(4-3-7-12)8-10(9)2/h5-8H,3-4H2,1-2H3. The van der Waals surface area contributed by atoms with Crippen molar-refractivity contribution >= 4 is 6.29 Å². The van der Waals surface area contributed by atoms with Crippen molar-refractivity contribution in [1.82, 2.24) is 0 Å². The summed E-state index contributed by atoms with van der Waals surface area (Å²) in [4.78, 5) is 10.1. The Morgan fingerprint density at radius 1 is 1.25 bits per heavy atom. The Morgan fingerprint density at radius 2 is 2.00 bits per heavy atom. The lowest BCUT2D eigenvalue weighted by atomic mass is 10.0. The predicted molar refractivity (Wildman–Crippen MR) is 50.3 cm³/mol. The van der Waals surface area contributed by atoms with Crippen molar-refractivity contribution in [3.8, 4) is 0 Å². The van der Waals surface area contributed by atoms with E-state index in [-0.39, 0.29) is 0 Å². The van der Waals surface area contributed by atoms with Crippen molar-refractivity contribution in [3.05, 3.63) is 34.9 Å². The van der Waals surface area contributed by atoms with E-state index in [4.69, 9.17) is 0 Å². The molecule has 0 saturated carbocycles. The zero-order valence-electron chi connectivity index (χ0n) is 7.63. The highest BCUT2D eigenvalue weighted by molar-refractivity contribution is 5.50. The minimum atomic E-state index is 0.627. The largest absolute Gasteiger partial charge is 0.303 e. The molecule has 0 spiro atoms. The first-order chi connectivity index (χ1) is 5.74. The highest BCUT2D eigenvalue weighted by atomic mass is 16.1. The lowest BCUT2D eigenvalue weighted by Gasteiger charge is -2.02. The average molecular weight is 162 g/mol. The first-order valence-electron chi connectivity index (χ1n) is 4.24. The molecule has 1 rings (SSSR count). The van der Waals surface area contributed by atoms with Crippen molar-refractivity contribution in [3.63, 3.8) is 0 Å². The molecule has 0 aromatic heterocycles. The van der Waals surface area contributed by atoms with Crippen molar-refractivity contribution in [2.75, 3.05) is 0 Å². The summed E-state index contributed by atoms with van der Waals surface area (Å²) in [6, 6.07) is 6.35. The van der Waals surface area contributed by atoms with Gasteiger partial charge in [0.25, 0.3) is 0 Å². The van der Waals surface area contributed by atoms with Gasteiger partial charge in [0, 0.05) is 6.42 Å². The Morgan fingerprint density at radius 3 is 2.58 bits per heavy atom. The van der Waals surface area contributed by atoms with Gasteiger partial charge in [0.2, 0.25) is 0 Å². The number of hydrogen-bond donors (Lipinski definition) is 0. The van der Waals surface area contributed by atoms with Gasteiger partial charge in [-0.05, 0) is 37.0 Å². The Balaban J connectivity index is 2.75. The molecule has 0 bridgehead atoms. The first kappa shape index (κ1) is 8.98. The monoisotopic (exact) mass is 162 g/mol. The Kier molecular flexibility index (Phi) is 3.03. The van der Waals surface area contributed by atoms with Crippen LogP contribution in [0, 0.1) is 13.8 Å². The van der Waals surface area contributed by atoms with Crippen LogP contribution in [0.2, 0.25) is 0 Å². The third kappa shape index (κ3) is 2.19. The van der Waals surface area contributed by atoms with Gasteiger partial charge < -0.3 is 4.79 Å². The van der Waals surface area contributed by atoms with Crippen LogP contribution >= 0.6 is 0 Å². The molecule has 0 fully saturated rings. The van der Waals surface area contributed by atoms with Gasteiger partial charge in [-0.1, -0.05) is 18.2 Å². The van der Waals surface area contributed by atoms with Gasteiger partial charge in [-0.15, -0.1) is 0 Å². The first-order valence-corrected chi connectivity index (χ1v) is 4.24. The van der Waals surface area contributed by atoms with Crippen LogP contribution in [0.4, 0.5) is 0 Å². The van der Waals surface area contributed by atoms with Gasteiger partial charge in [0.1, 0.15) is 6.29 Å². The highest BCUT2D eigenvalue weighted by Gasteiger charge is 1.95. The summed E-state index contributed by atoms with van der Waals surface area (Å²) in [5.41, 5.74) is 3.87. The van der Waals surface area contributed by atoms with Crippen molar-refractivity contribution < 1.29 is 4.79 Å². The van der Waals surface area contributed by atoms with E-state index in [1.54, 1.807) is 0 Å². The molecule has 0 atom stereocenters. The number of rotatable bonds is 3.